The highest BCUT2D eigenvalue weighted by molar-refractivity contribution is 7.98. The van der Waals surface area contributed by atoms with Crippen LogP contribution in [0.15, 0.2) is 0 Å². The van der Waals surface area contributed by atoms with E-state index in [0.717, 1.165) is 50.3 Å². The van der Waals surface area contributed by atoms with Gasteiger partial charge in [0.1, 0.15) is 6.04 Å². The van der Waals surface area contributed by atoms with Crippen molar-refractivity contribution in [1.82, 2.24) is 15.5 Å². The molecule has 1 aliphatic heterocycles. The molecule has 1 saturated heterocycles. The molecule has 0 spiro atoms. The molecule has 2 aliphatic rings. The number of likely N-dealkylation sites (tertiary alicyclic amines) is 1. The zero-order valence-corrected chi connectivity index (χ0v) is 19.7. The fourth-order valence-electron chi connectivity index (χ4n) is 4.75. The van der Waals surface area contributed by atoms with Gasteiger partial charge in [-0.15, -0.1) is 0 Å². The summed E-state index contributed by atoms with van der Waals surface area (Å²) >= 11 is 1.72. The van der Waals surface area contributed by atoms with Gasteiger partial charge in [-0.2, -0.15) is 11.8 Å². The lowest BCUT2D eigenvalue weighted by Crippen LogP contribution is -2.49. The van der Waals surface area contributed by atoms with E-state index in [-0.39, 0.29) is 17.7 Å². The van der Waals surface area contributed by atoms with Crippen LogP contribution in [0.25, 0.3) is 0 Å². The van der Waals surface area contributed by atoms with E-state index < -0.39 is 6.04 Å². The van der Waals surface area contributed by atoms with Crippen molar-refractivity contribution in [3.05, 3.63) is 0 Å². The van der Waals surface area contributed by atoms with Crippen LogP contribution in [-0.4, -0.2) is 60.4 Å². The lowest BCUT2D eigenvalue weighted by atomic mass is 9.82. The highest BCUT2D eigenvalue weighted by Gasteiger charge is 2.28. The van der Waals surface area contributed by atoms with Crippen LogP contribution in [0.2, 0.25) is 0 Å². The molecular formula is C23H43N3O2S. The third-order valence-electron chi connectivity index (χ3n) is 6.77. The standard InChI is InChI=1S/C23H43N3O2S/c1-4-20-8-5-6-15-26(20)16-7-14-24-23(28)21(13-17-29-3)25-22(27)19-11-9-18(2)10-12-19/h18-21H,4-17H2,1-3H3,(H,24,28)(H,25,27)/t18?,19?,20-,21+/m1/s1. The zero-order valence-electron chi connectivity index (χ0n) is 18.9. The molecule has 0 aromatic heterocycles. The van der Waals surface area contributed by atoms with Crippen molar-refractivity contribution in [2.24, 2.45) is 11.8 Å². The van der Waals surface area contributed by atoms with Crippen LogP contribution in [0.5, 0.6) is 0 Å². The number of rotatable bonds is 11. The minimum atomic E-state index is -0.396. The Morgan fingerprint density at radius 2 is 1.90 bits per heavy atom. The molecule has 0 aromatic rings. The number of hydrogen-bond acceptors (Lipinski definition) is 4. The highest BCUT2D eigenvalue weighted by atomic mass is 32.2. The summed E-state index contributed by atoms with van der Waals surface area (Å²) in [7, 11) is 0. The Kier molecular flexibility index (Phi) is 11.4. The molecule has 0 radical (unpaired) electrons. The van der Waals surface area contributed by atoms with Gasteiger partial charge in [0, 0.05) is 25.0 Å². The number of piperidine rings is 1. The van der Waals surface area contributed by atoms with E-state index in [0.29, 0.717) is 19.0 Å². The first kappa shape index (κ1) is 24.5. The van der Waals surface area contributed by atoms with Gasteiger partial charge in [0.05, 0.1) is 0 Å². The predicted octanol–water partition coefficient (Wildman–Crippen LogP) is 3.82. The topological polar surface area (TPSA) is 61.4 Å². The fourth-order valence-corrected chi connectivity index (χ4v) is 5.22. The molecule has 0 unspecified atom stereocenters. The first-order valence-electron chi connectivity index (χ1n) is 11.9. The zero-order chi connectivity index (χ0) is 21.1. The van der Waals surface area contributed by atoms with Crippen molar-refractivity contribution >= 4 is 23.6 Å². The maximum Gasteiger partial charge on any atom is 0.242 e. The van der Waals surface area contributed by atoms with E-state index >= 15 is 0 Å². The number of amides is 2. The van der Waals surface area contributed by atoms with Crippen molar-refractivity contribution in [3.63, 3.8) is 0 Å². The van der Waals surface area contributed by atoms with E-state index in [1.165, 1.54) is 32.2 Å². The molecule has 2 fully saturated rings. The van der Waals surface area contributed by atoms with Crippen LogP contribution in [-0.2, 0) is 9.59 Å². The third kappa shape index (κ3) is 8.49. The molecule has 168 valence electrons. The average molecular weight is 426 g/mol. The molecule has 1 heterocycles. The summed E-state index contributed by atoms with van der Waals surface area (Å²) in [4.78, 5) is 28.0. The first-order valence-corrected chi connectivity index (χ1v) is 13.3. The summed E-state index contributed by atoms with van der Waals surface area (Å²) in [5.41, 5.74) is 0. The van der Waals surface area contributed by atoms with E-state index in [1.807, 2.05) is 6.26 Å². The van der Waals surface area contributed by atoms with Crippen molar-refractivity contribution in [2.75, 3.05) is 31.6 Å². The van der Waals surface area contributed by atoms with Gasteiger partial charge >= 0.3 is 0 Å². The minimum Gasteiger partial charge on any atom is -0.354 e. The van der Waals surface area contributed by atoms with Crippen LogP contribution in [0.4, 0.5) is 0 Å². The number of hydrogen-bond donors (Lipinski definition) is 2. The van der Waals surface area contributed by atoms with Crippen LogP contribution in [0.3, 0.4) is 0 Å². The largest absolute Gasteiger partial charge is 0.354 e. The lowest BCUT2D eigenvalue weighted by molar-refractivity contribution is -0.132. The Hall–Kier alpha value is -0.750. The van der Waals surface area contributed by atoms with Gasteiger partial charge < -0.3 is 15.5 Å². The van der Waals surface area contributed by atoms with E-state index in [9.17, 15) is 9.59 Å². The Morgan fingerprint density at radius 1 is 1.14 bits per heavy atom. The molecule has 2 atom stereocenters. The van der Waals surface area contributed by atoms with Crippen LogP contribution >= 0.6 is 11.8 Å². The summed E-state index contributed by atoms with van der Waals surface area (Å²) in [6.07, 6.45) is 13.1. The van der Waals surface area contributed by atoms with Crippen LogP contribution in [0.1, 0.15) is 78.1 Å². The molecule has 29 heavy (non-hydrogen) atoms. The van der Waals surface area contributed by atoms with Gasteiger partial charge in [0.2, 0.25) is 11.8 Å². The van der Waals surface area contributed by atoms with Gasteiger partial charge in [-0.3, -0.25) is 9.59 Å². The molecule has 2 amide bonds. The van der Waals surface area contributed by atoms with Gasteiger partial charge in [-0.05, 0) is 82.3 Å². The molecular weight excluding hydrogens is 382 g/mol. The van der Waals surface area contributed by atoms with Crippen LogP contribution in [0, 0.1) is 11.8 Å². The van der Waals surface area contributed by atoms with Gasteiger partial charge in [-0.25, -0.2) is 0 Å². The SMILES string of the molecule is CC[C@@H]1CCCCN1CCCNC(=O)[C@H](CCSC)NC(=O)C1CCC(C)CC1. The van der Waals surface area contributed by atoms with Gasteiger partial charge in [0.25, 0.3) is 0 Å². The molecule has 2 N–H and O–H groups in total. The molecule has 6 heteroatoms. The number of carbonyl (C=O) groups is 2. The van der Waals surface area contributed by atoms with Crippen molar-refractivity contribution < 1.29 is 9.59 Å². The van der Waals surface area contributed by atoms with E-state index in [2.05, 4.69) is 29.4 Å². The molecule has 5 nitrogen and oxygen atoms in total. The number of thioether (sulfide) groups is 1. The summed E-state index contributed by atoms with van der Waals surface area (Å²) in [5.74, 6) is 1.76. The molecule has 1 aliphatic carbocycles. The normalized spacial score (nSPS) is 26.7. The number of nitrogens with one attached hydrogen (secondary N) is 2. The van der Waals surface area contributed by atoms with Gasteiger partial charge in [-0.1, -0.05) is 20.3 Å². The second kappa shape index (κ2) is 13.5. The van der Waals surface area contributed by atoms with Gasteiger partial charge in [0.15, 0.2) is 0 Å². The second-order valence-corrected chi connectivity index (χ2v) is 10.0. The number of carbonyl (C=O) groups excluding carboxylic acids is 2. The minimum absolute atomic E-state index is 0.0118. The summed E-state index contributed by atoms with van der Waals surface area (Å²) in [6, 6.07) is 0.318. The van der Waals surface area contributed by atoms with Crippen molar-refractivity contribution in [2.45, 2.75) is 90.1 Å². The summed E-state index contributed by atoms with van der Waals surface area (Å²) in [6.45, 7) is 7.48. The van der Waals surface area contributed by atoms with Crippen molar-refractivity contribution in [3.8, 4) is 0 Å². The van der Waals surface area contributed by atoms with Crippen molar-refractivity contribution in [1.29, 1.82) is 0 Å². The fraction of sp³-hybridized carbons (Fsp3) is 0.913. The second-order valence-electron chi connectivity index (χ2n) is 9.04. The van der Waals surface area contributed by atoms with Crippen LogP contribution < -0.4 is 10.6 Å². The lowest BCUT2D eigenvalue weighted by Gasteiger charge is -2.35. The Labute approximate surface area is 182 Å². The monoisotopic (exact) mass is 425 g/mol. The smallest absolute Gasteiger partial charge is 0.242 e. The quantitative estimate of drug-likeness (QED) is 0.494. The number of nitrogens with zero attached hydrogens (tertiary/aromatic N) is 1. The Bertz CT molecular complexity index is 495. The Balaban J connectivity index is 1.74. The summed E-state index contributed by atoms with van der Waals surface area (Å²) in [5, 5.41) is 6.16. The third-order valence-corrected chi connectivity index (χ3v) is 7.42. The average Bonchev–Trinajstić information content (AvgIpc) is 2.74. The molecule has 2 rings (SSSR count). The Morgan fingerprint density at radius 3 is 2.59 bits per heavy atom. The maximum absolute atomic E-state index is 12.7. The first-order chi connectivity index (χ1) is 14.0. The molecule has 0 bridgehead atoms. The maximum atomic E-state index is 12.7. The highest BCUT2D eigenvalue weighted by Crippen LogP contribution is 2.28. The van der Waals surface area contributed by atoms with E-state index in [4.69, 9.17) is 0 Å². The predicted molar refractivity (Wildman–Crippen MR) is 123 cm³/mol. The molecule has 1 saturated carbocycles. The molecule has 0 aromatic carbocycles. The van der Waals surface area contributed by atoms with E-state index in [1.54, 1.807) is 11.8 Å². The summed E-state index contributed by atoms with van der Waals surface area (Å²) < 4.78 is 0.